The quantitative estimate of drug-likeness (QED) is 0.617. The van der Waals surface area contributed by atoms with Gasteiger partial charge in [0.15, 0.2) is 30.2 Å². The van der Waals surface area contributed by atoms with Gasteiger partial charge in [-0.15, -0.1) is 0 Å². The van der Waals surface area contributed by atoms with Gasteiger partial charge in [0.25, 0.3) is 5.91 Å². The minimum atomic E-state index is -1.73. The standard InChI is InChI=1S/C18H13F3N2O4/c1-10(18(25)23-13-7-6-12(19)16(20)17(13)21)27-15(24)9-26-14-5-3-2-4-11(14)8-22/h2-7,10H,9H2,1H3,(H,23,25)/t10-/m1/s1. The van der Waals surface area contributed by atoms with E-state index in [9.17, 15) is 22.8 Å². The number of ether oxygens (including phenoxy) is 2. The Morgan fingerprint density at radius 2 is 1.85 bits per heavy atom. The van der Waals surface area contributed by atoms with Crippen molar-refractivity contribution in [2.75, 3.05) is 11.9 Å². The molecule has 0 saturated carbocycles. The number of nitrogens with zero attached hydrogens (tertiary/aromatic N) is 1. The Bertz CT molecular complexity index is 912. The topological polar surface area (TPSA) is 88.4 Å². The molecule has 27 heavy (non-hydrogen) atoms. The molecule has 0 aliphatic rings. The molecule has 0 spiro atoms. The van der Waals surface area contributed by atoms with Gasteiger partial charge in [-0.25, -0.2) is 18.0 Å². The van der Waals surface area contributed by atoms with Gasteiger partial charge in [-0.1, -0.05) is 12.1 Å². The molecule has 1 atom stereocenters. The molecule has 6 nitrogen and oxygen atoms in total. The largest absolute Gasteiger partial charge is 0.481 e. The Kier molecular flexibility index (Phi) is 6.38. The monoisotopic (exact) mass is 378 g/mol. The number of hydrogen-bond donors (Lipinski definition) is 1. The lowest BCUT2D eigenvalue weighted by Gasteiger charge is -2.14. The summed E-state index contributed by atoms with van der Waals surface area (Å²) in [6, 6.07) is 9.56. The highest BCUT2D eigenvalue weighted by molar-refractivity contribution is 5.95. The second kappa shape index (κ2) is 8.71. The van der Waals surface area contributed by atoms with Gasteiger partial charge in [0.2, 0.25) is 0 Å². The molecule has 0 heterocycles. The molecule has 0 aliphatic carbocycles. The van der Waals surface area contributed by atoms with Crippen LogP contribution in [0.5, 0.6) is 5.75 Å². The van der Waals surface area contributed by atoms with Gasteiger partial charge in [-0.05, 0) is 31.2 Å². The maximum Gasteiger partial charge on any atom is 0.344 e. The predicted octanol–water partition coefficient (Wildman–Crippen LogP) is 2.92. The number of para-hydroxylation sites is 1. The molecule has 0 unspecified atom stereocenters. The molecule has 0 aromatic heterocycles. The average molecular weight is 378 g/mol. The second-order valence-corrected chi connectivity index (χ2v) is 5.24. The molecule has 0 bridgehead atoms. The van der Waals surface area contributed by atoms with Gasteiger partial charge in [-0.3, -0.25) is 4.79 Å². The lowest BCUT2D eigenvalue weighted by Crippen LogP contribution is -2.32. The first kappa shape index (κ1) is 19.8. The fourth-order valence-electron chi connectivity index (χ4n) is 1.96. The highest BCUT2D eigenvalue weighted by Gasteiger charge is 2.21. The first-order valence-corrected chi connectivity index (χ1v) is 7.59. The third kappa shape index (κ3) is 4.98. The third-order valence-electron chi connectivity index (χ3n) is 3.32. The summed E-state index contributed by atoms with van der Waals surface area (Å²) in [6.45, 7) is 0.629. The van der Waals surface area contributed by atoms with Crippen molar-refractivity contribution in [3.63, 3.8) is 0 Å². The molecule has 2 aromatic carbocycles. The summed E-state index contributed by atoms with van der Waals surface area (Å²) in [5, 5.41) is 10.9. The van der Waals surface area contributed by atoms with Crippen LogP contribution in [0.2, 0.25) is 0 Å². The number of esters is 1. The normalized spacial score (nSPS) is 11.2. The maximum atomic E-state index is 13.5. The van der Waals surface area contributed by atoms with Crippen molar-refractivity contribution in [2.45, 2.75) is 13.0 Å². The van der Waals surface area contributed by atoms with Crippen LogP contribution in [0, 0.1) is 28.8 Å². The summed E-state index contributed by atoms with van der Waals surface area (Å²) in [7, 11) is 0. The van der Waals surface area contributed by atoms with Crippen molar-refractivity contribution in [1.29, 1.82) is 5.26 Å². The number of carbonyl (C=O) groups is 2. The van der Waals surface area contributed by atoms with Gasteiger partial charge >= 0.3 is 5.97 Å². The van der Waals surface area contributed by atoms with Crippen LogP contribution in [0.3, 0.4) is 0 Å². The highest BCUT2D eigenvalue weighted by Crippen LogP contribution is 2.20. The van der Waals surface area contributed by atoms with Crippen molar-refractivity contribution in [3.8, 4) is 11.8 Å². The number of nitriles is 1. The number of carbonyl (C=O) groups excluding carboxylic acids is 2. The lowest BCUT2D eigenvalue weighted by molar-refractivity contribution is -0.155. The van der Waals surface area contributed by atoms with E-state index in [2.05, 4.69) is 0 Å². The highest BCUT2D eigenvalue weighted by atomic mass is 19.2. The van der Waals surface area contributed by atoms with Crippen LogP contribution >= 0.6 is 0 Å². The van der Waals surface area contributed by atoms with E-state index in [0.29, 0.717) is 6.07 Å². The Morgan fingerprint density at radius 3 is 2.56 bits per heavy atom. The van der Waals surface area contributed by atoms with Crippen molar-refractivity contribution in [2.24, 2.45) is 0 Å². The minimum absolute atomic E-state index is 0.165. The van der Waals surface area contributed by atoms with E-state index in [0.717, 1.165) is 6.07 Å². The van der Waals surface area contributed by atoms with Crippen LogP contribution in [0.25, 0.3) is 0 Å². The van der Waals surface area contributed by atoms with Crippen LogP contribution in [0.15, 0.2) is 36.4 Å². The van der Waals surface area contributed by atoms with Gasteiger partial charge in [0.05, 0.1) is 11.3 Å². The van der Waals surface area contributed by atoms with Gasteiger partial charge < -0.3 is 14.8 Å². The van der Waals surface area contributed by atoms with E-state index < -0.39 is 47.7 Å². The number of hydrogen-bond acceptors (Lipinski definition) is 5. The third-order valence-corrected chi connectivity index (χ3v) is 3.32. The Labute approximate surface area is 152 Å². The summed E-state index contributed by atoms with van der Waals surface area (Å²) in [5.74, 6) is -6.42. The molecule has 0 saturated heterocycles. The van der Waals surface area contributed by atoms with Crippen molar-refractivity contribution >= 4 is 17.6 Å². The number of halogens is 3. The fourth-order valence-corrected chi connectivity index (χ4v) is 1.96. The van der Waals surface area contributed by atoms with Crippen LogP contribution in [-0.2, 0) is 14.3 Å². The molecular weight excluding hydrogens is 365 g/mol. The van der Waals surface area contributed by atoms with E-state index in [1.165, 1.54) is 19.1 Å². The van der Waals surface area contributed by atoms with Crippen LogP contribution < -0.4 is 10.1 Å². The SMILES string of the molecule is C[C@@H](OC(=O)COc1ccccc1C#N)C(=O)Nc1ccc(F)c(F)c1F. The van der Waals surface area contributed by atoms with Crippen molar-refractivity contribution in [3.05, 3.63) is 59.4 Å². The molecular formula is C18H13F3N2O4. The summed E-state index contributed by atoms with van der Waals surface area (Å²) in [6.07, 6.45) is -1.36. The molecule has 1 N–H and O–H groups in total. The summed E-state index contributed by atoms with van der Waals surface area (Å²) < 4.78 is 49.6. The van der Waals surface area contributed by atoms with E-state index >= 15 is 0 Å². The van der Waals surface area contributed by atoms with E-state index in [1.807, 2.05) is 11.4 Å². The molecule has 0 aliphatic heterocycles. The van der Waals surface area contributed by atoms with E-state index in [4.69, 9.17) is 14.7 Å². The van der Waals surface area contributed by atoms with Gasteiger partial charge in [0.1, 0.15) is 11.8 Å². The lowest BCUT2D eigenvalue weighted by atomic mass is 10.2. The molecule has 0 radical (unpaired) electrons. The number of rotatable bonds is 6. The average Bonchev–Trinajstić information content (AvgIpc) is 2.66. The molecule has 2 rings (SSSR count). The number of anilines is 1. The second-order valence-electron chi connectivity index (χ2n) is 5.24. The first-order chi connectivity index (χ1) is 12.8. The van der Waals surface area contributed by atoms with Gasteiger partial charge in [0, 0.05) is 0 Å². The Balaban J connectivity index is 1.91. The summed E-state index contributed by atoms with van der Waals surface area (Å²) in [5.41, 5.74) is -0.383. The van der Waals surface area contributed by atoms with Crippen LogP contribution in [0.4, 0.5) is 18.9 Å². The Hall–Kier alpha value is -3.54. The zero-order valence-corrected chi connectivity index (χ0v) is 14.0. The molecule has 2 aromatic rings. The summed E-state index contributed by atoms with van der Waals surface area (Å²) in [4.78, 5) is 23.7. The molecule has 9 heteroatoms. The van der Waals surface area contributed by atoms with Gasteiger partial charge in [-0.2, -0.15) is 5.26 Å². The van der Waals surface area contributed by atoms with E-state index in [1.54, 1.807) is 12.1 Å². The smallest absolute Gasteiger partial charge is 0.344 e. The first-order valence-electron chi connectivity index (χ1n) is 7.59. The van der Waals surface area contributed by atoms with Crippen molar-refractivity contribution in [1.82, 2.24) is 0 Å². The predicted molar refractivity (Wildman–Crippen MR) is 87.2 cm³/mol. The maximum absolute atomic E-state index is 13.5. The van der Waals surface area contributed by atoms with E-state index in [-0.39, 0.29) is 11.3 Å². The minimum Gasteiger partial charge on any atom is -0.481 e. The molecule has 0 fully saturated rings. The molecule has 1 amide bonds. The number of benzene rings is 2. The molecule has 140 valence electrons. The zero-order valence-electron chi connectivity index (χ0n) is 14.0. The Morgan fingerprint density at radius 1 is 1.15 bits per heavy atom. The number of amides is 1. The summed E-state index contributed by atoms with van der Waals surface area (Å²) >= 11 is 0. The fraction of sp³-hybridized carbons (Fsp3) is 0.167. The van der Waals surface area contributed by atoms with Crippen LogP contribution in [0.1, 0.15) is 12.5 Å². The van der Waals surface area contributed by atoms with Crippen molar-refractivity contribution < 1.29 is 32.2 Å². The number of nitrogens with one attached hydrogen (secondary N) is 1. The zero-order chi connectivity index (χ0) is 20.0. The van der Waals surface area contributed by atoms with Crippen LogP contribution in [-0.4, -0.2) is 24.6 Å².